The van der Waals surface area contributed by atoms with Crippen LogP contribution in [0.1, 0.15) is 57.9 Å². The lowest BCUT2D eigenvalue weighted by Gasteiger charge is -2.39. The van der Waals surface area contributed by atoms with Gasteiger partial charge in [0.2, 0.25) is 5.69 Å². The molecule has 2 N–H and O–H groups in total. The van der Waals surface area contributed by atoms with Gasteiger partial charge < -0.3 is 14.8 Å². The molecule has 0 saturated heterocycles. The number of H-pyrrole nitrogens is 1. The lowest BCUT2D eigenvalue weighted by atomic mass is 9.71. The molecule has 0 spiro atoms. The van der Waals surface area contributed by atoms with Gasteiger partial charge in [-0.15, -0.1) is 0 Å². The van der Waals surface area contributed by atoms with Crippen molar-refractivity contribution in [2.75, 3.05) is 7.11 Å². The van der Waals surface area contributed by atoms with Crippen molar-refractivity contribution in [1.82, 2.24) is 4.98 Å². The normalized spacial score (nSPS) is 14.6. The third-order valence-corrected chi connectivity index (χ3v) is 6.39. The average molecular weight is 473 g/mol. The molecule has 0 fully saturated rings. The molecule has 34 heavy (non-hydrogen) atoms. The number of fused-ring (bicyclic) bond motifs is 1. The number of para-hydroxylation sites is 1. The Bertz CT molecular complexity index is 1230. The summed E-state index contributed by atoms with van der Waals surface area (Å²) in [6.45, 7) is 17.0. The number of nitrogens with one attached hydrogen (secondary N) is 1. The summed E-state index contributed by atoms with van der Waals surface area (Å²) in [5.41, 5.74) is -2.10. The largest absolute Gasteiger partial charge is 0.496 e. The van der Waals surface area contributed by atoms with Crippen molar-refractivity contribution in [1.29, 1.82) is 0 Å². The zero-order valence-corrected chi connectivity index (χ0v) is 20.4. The lowest BCUT2D eigenvalue weighted by Crippen LogP contribution is -2.51. The monoisotopic (exact) mass is 472 g/mol. The molecule has 3 rings (SSSR count). The number of hydrogen-bond donors (Lipinski definition) is 2. The number of aliphatic hydroxyl groups is 1. The Morgan fingerprint density at radius 2 is 1.68 bits per heavy atom. The van der Waals surface area contributed by atoms with Crippen molar-refractivity contribution >= 4 is 16.6 Å². The molecule has 182 valence electrons. The summed E-state index contributed by atoms with van der Waals surface area (Å²) in [4.78, 5) is 6.39. The minimum atomic E-state index is -4.92. The fraction of sp³-hybridized carbons (Fsp3) is 0.444. The highest BCUT2D eigenvalue weighted by Crippen LogP contribution is 2.47. The predicted octanol–water partition coefficient (Wildman–Crippen LogP) is 7.23. The number of nitrogens with zero attached hydrogens (tertiary/aromatic N) is 1. The molecule has 0 aliphatic rings. The van der Waals surface area contributed by atoms with Crippen LogP contribution in [0.4, 0.5) is 18.9 Å². The summed E-state index contributed by atoms with van der Waals surface area (Å²) in [5, 5.41) is 11.7. The van der Waals surface area contributed by atoms with Crippen LogP contribution in [0.15, 0.2) is 42.5 Å². The summed E-state index contributed by atoms with van der Waals surface area (Å²) in [7, 11) is 1.48. The molecule has 7 heteroatoms. The quantitative estimate of drug-likeness (QED) is 0.372. The van der Waals surface area contributed by atoms with E-state index in [1.54, 1.807) is 44.2 Å². The van der Waals surface area contributed by atoms with Crippen LogP contribution in [-0.2, 0) is 17.3 Å². The number of aromatic amines is 1. The highest BCUT2D eigenvalue weighted by molar-refractivity contribution is 5.94. The molecule has 3 aromatic rings. The number of benzene rings is 2. The molecule has 1 unspecified atom stereocenters. The number of ether oxygens (including phenoxy) is 1. The second-order valence-corrected chi connectivity index (χ2v) is 10.5. The Morgan fingerprint density at radius 3 is 2.24 bits per heavy atom. The minimum absolute atomic E-state index is 0.0715. The van der Waals surface area contributed by atoms with Crippen molar-refractivity contribution < 1.29 is 23.0 Å². The third kappa shape index (κ3) is 4.78. The molecule has 0 bridgehead atoms. The SMILES string of the molecule is [C-]#[N+]c1c(CC(O)(CC(C)(C)c2cc(C(C)(C)C)ccc2OC)C(F)(F)F)[nH]c2ccccc12. The van der Waals surface area contributed by atoms with E-state index in [4.69, 9.17) is 11.3 Å². The van der Waals surface area contributed by atoms with Crippen molar-refractivity contribution in [3.05, 3.63) is 70.7 Å². The molecular formula is C27H31F3N2O2. The molecule has 0 amide bonds. The second kappa shape index (κ2) is 8.66. The molecule has 0 radical (unpaired) electrons. The van der Waals surface area contributed by atoms with Gasteiger partial charge in [-0.25, -0.2) is 4.85 Å². The van der Waals surface area contributed by atoms with E-state index in [0.717, 1.165) is 5.56 Å². The van der Waals surface area contributed by atoms with Crippen LogP contribution in [0.3, 0.4) is 0 Å². The lowest BCUT2D eigenvalue weighted by molar-refractivity contribution is -0.266. The van der Waals surface area contributed by atoms with Gasteiger partial charge in [-0.2, -0.15) is 13.2 Å². The summed E-state index contributed by atoms with van der Waals surface area (Å²) in [6.07, 6.45) is -6.29. The van der Waals surface area contributed by atoms with Gasteiger partial charge in [-0.1, -0.05) is 65.0 Å². The smallest absolute Gasteiger partial charge is 0.417 e. The molecule has 2 aromatic carbocycles. The Labute approximate surface area is 198 Å². The highest BCUT2D eigenvalue weighted by atomic mass is 19.4. The molecular weight excluding hydrogens is 441 g/mol. The first-order chi connectivity index (χ1) is 15.6. The van der Waals surface area contributed by atoms with Crippen LogP contribution in [0.2, 0.25) is 0 Å². The fourth-order valence-corrected chi connectivity index (χ4v) is 4.52. The Kier molecular flexibility index (Phi) is 6.53. The standard InChI is InChI=1S/C27H31F3N2O2/c1-24(2,3)17-12-13-22(34-7)19(14-17)25(4,5)16-26(33,27(28,29)30)15-21-23(31-6)18-10-8-9-11-20(18)32-21/h8-14,32-33H,15-16H2,1-5,7H3. The number of methoxy groups -OCH3 is 1. The van der Waals surface area contributed by atoms with Crippen molar-refractivity contribution in [3.8, 4) is 5.75 Å². The van der Waals surface area contributed by atoms with E-state index in [9.17, 15) is 18.3 Å². The first-order valence-electron chi connectivity index (χ1n) is 11.1. The van der Waals surface area contributed by atoms with E-state index in [1.165, 1.54) is 7.11 Å². The van der Waals surface area contributed by atoms with Gasteiger partial charge in [-0.3, -0.25) is 0 Å². The van der Waals surface area contributed by atoms with Gasteiger partial charge in [0.25, 0.3) is 0 Å². The minimum Gasteiger partial charge on any atom is -0.496 e. The van der Waals surface area contributed by atoms with Crippen LogP contribution in [0, 0.1) is 6.57 Å². The topological polar surface area (TPSA) is 49.6 Å². The van der Waals surface area contributed by atoms with E-state index in [-0.39, 0.29) is 16.8 Å². The maximum atomic E-state index is 14.4. The summed E-state index contributed by atoms with van der Waals surface area (Å²) in [5.74, 6) is 0.468. The van der Waals surface area contributed by atoms with Crippen LogP contribution < -0.4 is 4.74 Å². The number of alkyl halides is 3. The van der Waals surface area contributed by atoms with Crippen LogP contribution in [0.25, 0.3) is 15.7 Å². The molecule has 0 aliphatic heterocycles. The van der Waals surface area contributed by atoms with Gasteiger partial charge in [0.15, 0.2) is 5.60 Å². The number of rotatable bonds is 6. The van der Waals surface area contributed by atoms with Crippen LogP contribution in [0.5, 0.6) is 5.75 Å². The summed E-state index contributed by atoms with van der Waals surface area (Å²) in [6, 6.07) is 12.4. The van der Waals surface area contributed by atoms with Gasteiger partial charge in [-0.05, 0) is 34.9 Å². The number of halogens is 3. The zero-order chi connectivity index (χ0) is 25.5. The average Bonchev–Trinajstić information content (AvgIpc) is 3.07. The van der Waals surface area contributed by atoms with Crippen molar-refractivity contribution in [2.45, 2.75) is 70.1 Å². The van der Waals surface area contributed by atoms with E-state index in [1.807, 2.05) is 32.9 Å². The molecule has 1 heterocycles. The van der Waals surface area contributed by atoms with Crippen molar-refractivity contribution in [2.24, 2.45) is 0 Å². The zero-order valence-electron chi connectivity index (χ0n) is 20.4. The fourth-order valence-electron chi connectivity index (χ4n) is 4.52. The van der Waals surface area contributed by atoms with E-state index in [0.29, 0.717) is 22.2 Å². The number of aromatic nitrogens is 1. The first-order valence-corrected chi connectivity index (χ1v) is 11.1. The van der Waals surface area contributed by atoms with E-state index in [2.05, 4.69) is 9.83 Å². The van der Waals surface area contributed by atoms with Gasteiger partial charge in [0, 0.05) is 28.6 Å². The van der Waals surface area contributed by atoms with Gasteiger partial charge >= 0.3 is 6.18 Å². The van der Waals surface area contributed by atoms with E-state index >= 15 is 0 Å². The maximum absolute atomic E-state index is 14.4. The Hall–Kier alpha value is -2.98. The Morgan fingerprint density at radius 1 is 1.03 bits per heavy atom. The van der Waals surface area contributed by atoms with Gasteiger partial charge in [0.05, 0.1) is 13.7 Å². The van der Waals surface area contributed by atoms with Crippen molar-refractivity contribution in [3.63, 3.8) is 0 Å². The molecule has 1 atom stereocenters. The highest BCUT2D eigenvalue weighted by Gasteiger charge is 2.56. The summed E-state index contributed by atoms with van der Waals surface area (Å²) < 4.78 is 48.7. The molecule has 0 aliphatic carbocycles. The summed E-state index contributed by atoms with van der Waals surface area (Å²) >= 11 is 0. The number of hydrogen-bond acceptors (Lipinski definition) is 2. The Balaban J connectivity index is 2.09. The molecule has 0 saturated carbocycles. The van der Waals surface area contributed by atoms with Crippen LogP contribution >= 0.6 is 0 Å². The van der Waals surface area contributed by atoms with Crippen LogP contribution in [-0.4, -0.2) is 29.0 Å². The second-order valence-electron chi connectivity index (χ2n) is 10.5. The molecule has 4 nitrogen and oxygen atoms in total. The predicted molar refractivity (Wildman–Crippen MR) is 129 cm³/mol. The first kappa shape index (κ1) is 25.6. The maximum Gasteiger partial charge on any atom is 0.417 e. The third-order valence-electron chi connectivity index (χ3n) is 6.39. The van der Waals surface area contributed by atoms with Gasteiger partial charge in [0.1, 0.15) is 5.75 Å². The van der Waals surface area contributed by atoms with E-state index < -0.39 is 30.0 Å². The molecule has 1 aromatic heterocycles.